The van der Waals surface area contributed by atoms with E-state index in [1.165, 1.54) is 12.3 Å². The summed E-state index contributed by atoms with van der Waals surface area (Å²) in [7, 11) is 0. The number of carbonyl (C=O) groups is 2. The van der Waals surface area contributed by atoms with Crippen LogP contribution in [-0.4, -0.2) is 28.1 Å². The minimum absolute atomic E-state index is 0.0861. The number of carboxylic acid groups (broad SMARTS) is 1. The number of aliphatic imine (C=N–C) groups is 1. The number of nitrogens with zero attached hydrogens (tertiary/aromatic N) is 2. The first-order chi connectivity index (χ1) is 14.3. The summed E-state index contributed by atoms with van der Waals surface area (Å²) in [6.07, 6.45) is 3.05. The van der Waals surface area contributed by atoms with E-state index in [1.54, 1.807) is 25.1 Å². The van der Waals surface area contributed by atoms with Crippen LogP contribution >= 0.6 is 34.5 Å². The molecule has 1 aliphatic rings. The van der Waals surface area contributed by atoms with Gasteiger partial charge in [0.1, 0.15) is 15.4 Å². The Kier molecular flexibility index (Phi) is 5.32. The zero-order valence-corrected chi connectivity index (χ0v) is 17.9. The first-order valence-corrected chi connectivity index (χ1v) is 10.4. The Morgan fingerprint density at radius 3 is 2.50 bits per heavy atom. The van der Waals surface area contributed by atoms with Crippen molar-refractivity contribution >= 4 is 52.5 Å². The number of carbonyl (C=O) groups excluding carboxylic acids is 1. The molecular formula is C22H14Cl2N2O3S. The Morgan fingerprint density at radius 1 is 1.10 bits per heavy atom. The molecule has 0 bridgehead atoms. The summed E-state index contributed by atoms with van der Waals surface area (Å²) < 4.78 is 0. The fourth-order valence-electron chi connectivity index (χ4n) is 3.18. The Balaban J connectivity index is 1.75. The molecule has 5 nitrogen and oxygen atoms in total. The van der Waals surface area contributed by atoms with Crippen LogP contribution in [-0.2, 0) is 5.54 Å². The number of thiazole rings is 1. The molecule has 0 amide bonds. The highest BCUT2D eigenvalue weighted by Crippen LogP contribution is 2.39. The van der Waals surface area contributed by atoms with Gasteiger partial charge in [-0.15, -0.1) is 11.3 Å². The standard InChI is InChI=1S/C22H14Cl2N2O3S/c1-22(10-13(11-25-22)17(27)15-8-7-14(23)9-16(15)24)19-18(21(28)29)30-20(26-19)12-5-3-2-4-6-12/h2-11H,1H3,(H,28,29). The van der Waals surface area contributed by atoms with Gasteiger partial charge in [0.15, 0.2) is 5.78 Å². The zero-order valence-electron chi connectivity index (χ0n) is 15.6. The van der Waals surface area contributed by atoms with Crippen molar-refractivity contribution in [2.75, 3.05) is 0 Å². The van der Waals surface area contributed by atoms with E-state index in [-0.39, 0.29) is 15.7 Å². The van der Waals surface area contributed by atoms with Gasteiger partial charge in [0, 0.05) is 27.9 Å². The van der Waals surface area contributed by atoms with E-state index < -0.39 is 11.5 Å². The predicted molar refractivity (Wildman–Crippen MR) is 119 cm³/mol. The number of carboxylic acids is 1. The van der Waals surface area contributed by atoms with Crippen LogP contribution in [0.2, 0.25) is 10.0 Å². The Morgan fingerprint density at radius 2 is 1.83 bits per heavy atom. The molecule has 0 saturated carbocycles. The van der Waals surface area contributed by atoms with Gasteiger partial charge in [-0.3, -0.25) is 9.79 Å². The van der Waals surface area contributed by atoms with Gasteiger partial charge < -0.3 is 5.11 Å². The average Bonchev–Trinajstić information content (AvgIpc) is 3.34. The molecule has 0 saturated heterocycles. The zero-order chi connectivity index (χ0) is 21.5. The summed E-state index contributed by atoms with van der Waals surface area (Å²) in [5, 5.41) is 11.0. The lowest BCUT2D eigenvalue weighted by Crippen LogP contribution is -2.18. The number of benzene rings is 2. The first kappa shape index (κ1) is 20.5. The summed E-state index contributed by atoms with van der Waals surface area (Å²) in [6, 6.07) is 14.0. The molecule has 1 N–H and O–H groups in total. The second-order valence-corrected chi connectivity index (χ2v) is 8.67. The van der Waals surface area contributed by atoms with Crippen molar-refractivity contribution in [1.82, 2.24) is 4.98 Å². The molecule has 30 heavy (non-hydrogen) atoms. The van der Waals surface area contributed by atoms with E-state index in [4.69, 9.17) is 23.2 Å². The summed E-state index contributed by atoms with van der Waals surface area (Å²) in [5.41, 5.74) is 0.633. The highest BCUT2D eigenvalue weighted by Gasteiger charge is 2.37. The molecule has 1 unspecified atom stereocenters. The maximum absolute atomic E-state index is 12.9. The van der Waals surface area contributed by atoms with Gasteiger partial charge in [-0.05, 0) is 31.2 Å². The SMILES string of the molecule is CC1(c2nc(-c3ccccc3)sc2C(=O)O)C=C(C(=O)c2ccc(Cl)cc2Cl)C=N1. The highest BCUT2D eigenvalue weighted by molar-refractivity contribution is 7.17. The Labute approximate surface area is 186 Å². The molecule has 0 spiro atoms. The van der Waals surface area contributed by atoms with Crippen molar-refractivity contribution in [2.45, 2.75) is 12.5 Å². The van der Waals surface area contributed by atoms with Crippen LogP contribution in [0.25, 0.3) is 10.6 Å². The molecule has 2 aromatic carbocycles. The predicted octanol–water partition coefficient (Wildman–Crippen LogP) is 5.92. The smallest absolute Gasteiger partial charge is 0.347 e. The number of halogens is 2. The van der Waals surface area contributed by atoms with E-state index >= 15 is 0 Å². The average molecular weight is 457 g/mol. The molecule has 1 aromatic heterocycles. The number of aromatic nitrogens is 1. The molecule has 4 rings (SSSR count). The van der Waals surface area contributed by atoms with Crippen LogP contribution in [0.5, 0.6) is 0 Å². The van der Waals surface area contributed by atoms with Crippen molar-refractivity contribution in [2.24, 2.45) is 4.99 Å². The van der Waals surface area contributed by atoms with Gasteiger partial charge in [0.05, 0.1) is 10.7 Å². The second-order valence-electron chi connectivity index (χ2n) is 6.83. The molecule has 2 heterocycles. The van der Waals surface area contributed by atoms with E-state index in [9.17, 15) is 14.7 Å². The number of allylic oxidation sites excluding steroid dienone is 1. The van der Waals surface area contributed by atoms with Crippen molar-refractivity contribution in [1.29, 1.82) is 0 Å². The number of ketones is 1. The molecule has 0 fully saturated rings. The molecular weight excluding hydrogens is 443 g/mol. The Bertz CT molecular complexity index is 1230. The second kappa shape index (κ2) is 7.80. The molecule has 0 radical (unpaired) electrons. The monoisotopic (exact) mass is 456 g/mol. The maximum Gasteiger partial charge on any atom is 0.347 e. The third-order valence-electron chi connectivity index (χ3n) is 4.67. The Hall–Kier alpha value is -2.80. The van der Waals surface area contributed by atoms with Crippen molar-refractivity contribution < 1.29 is 14.7 Å². The van der Waals surface area contributed by atoms with E-state index in [1.807, 2.05) is 30.3 Å². The molecule has 1 atom stereocenters. The van der Waals surface area contributed by atoms with Gasteiger partial charge in [0.2, 0.25) is 0 Å². The summed E-state index contributed by atoms with van der Waals surface area (Å²) in [4.78, 5) is 33.9. The summed E-state index contributed by atoms with van der Waals surface area (Å²) >= 11 is 13.2. The van der Waals surface area contributed by atoms with Gasteiger partial charge >= 0.3 is 5.97 Å². The number of Topliss-reactive ketones (excluding diaryl/α,β-unsaturated/α-hetero) is 1. The van der Waals surface area contributed by atoms with Crippen LogP contribution in [0.4, 0.5) is 0 Å². The van der Waals surface area contributed by atoms with Gasteiger partial charge in [-0.1, -0.05) is 53.5 Å². The third kappa shape index (κ3) is 3.69. The quantitative estimate of drug-likeness (QED) is 0.482. The normalized spacial score (nSPS) is 17.8. The van der Waals surface area contributed by atoms with E-state index in [2.05, 4.69) is 9.98 Å². The molecule has 150 valence electrons. The number of rotatable bonds is 5. The fraction of sp³-hybridized carbons (Fsp3) is 0.0909. The van der Waals surface area contributed by atoms with Crippen LogP contribution in [0, 0.1) is 0 Å². The lowest BCUT2D eigenvalue weighted by Gasteiger charge is -2.16. The van der Waals surface area contributed by atoms with Crippen molar-refractivity contribution in [3.63, 3.8) is 0 Å². The number of hydrogen-bond acceptors (Lipinski definition) is 5. The van der Waals surface area contributed by atoms with Gasteiger partial charge in [-0.2, -0.15) is 0 Å². The van der Waals surface area contributed by atoms with Crippen LogP contribution in [0.1, 0.15) is 32.6 Å². The maximum atomic E-state index is 12.9. The molecule has 0 aliphatic carbocycles. The number of hydrogen-bond donors (Lipinski definition) is 1. The first-order valence-electron chi connectivity index (χ1n) is 8.86. The summed E-state index contributed by atoms with van der Waals surface area (Å²) in [5.74, 6) is -1.41. The minimum atomic E-state index is -1.09. The van der Waals surface area contributed by atoms with Crippen LogP contribution in [0.3, 0.4) is 0 Å². The molecule has 8 heteroatoms. The minimum Gasteiger partial charge on any atom is -0.477 e. The topological polar surface area (TPSA) is 79.6 Å². The highest BCUT2D eigenvalue weighted by atomic mass is 35.5. The van der Waals surface area contributed by atoms with Crippen LogP contribution in [0.15, 0.2) is 65.2 Å². The molecule has 1 aliphatic heterocycles. The fourth-order valence-corrected chi connectivity index (χ4v) is 4.69. The van der Waals surface area contributed by atoms with Crippen molar-refractivity contribution in [3.05, 3.63) is 86.4 Å². The van der Waals surface area contributed by atoms with E-state index in [0.29, 0.717) is 26.9 Å². The third-order valence-corrected chi connectivity index (χ3v) is 6.31. The number of aromatic carboxylic acids is 1. The van der Waals surface area contributed by atoms with E-state index in [0.717, 1.165) is 16.9 Å². The summed E-state index contributed by atoms with van der Waals surface area (Å²) in [6.45, 7) is 1.73. The lowest BCUT2D eigenvalue weighted by molar-refractivity contribution is 0.0699. The largest absolute Gasteiger partial charge is 0.477 e. The molecule has 3 aromatic rings. The van der Waals surface area contributed by atoms with Gasteiger partial charge in [0.25, 0.3) is 0 Å². The van der Waals surface area contributed by atoms with Crippen LogP contribution < -0.4 is 0 Å². The van der Waals surface area contributed by atoms with Crippen molar-refractivity contribution in [3.8, 4) is 10.6 Å². The van der Waals surface area contributed by atoms with Gasteiger partial charge in [-0.25, -0.2) is 9.78 Å². The lowest BCUT2D eigenvalue weighted by atomic mass is 9.95.